The van der Waals surface area contributed by atoms with Crippen molar-refractivity contribution in [2.45, 2.75) is 6.42 Å². The number of carbonyl (C=O) groups excluding carboxylic acids is 2. The number of hydrogen-bond acceptors (Lipinski definition) is 6. The zero-order valence-corrected chi connectivity index (χ0v) is 13.8. The van der Waals surface area contributed by atoms with Crippen LogP contribution in [0.1, 0.15) is 16.8 Å². The van der Waals surface area contributed by atoms with E-state index in [2.05, 4.69) is 10.6 Å². The van der Waals surface area contributed by atoms with Crippen molar-refractivity contribution < 1.29 is 23.8 Å². The SMILES string of the molecule is CNCCC(=O)Nc1cc(OC)c(OC)cc1C(=O)OC.Cl. The minimum Gasteiger partial charge on any atom is -0.493 e. The number of rotatable bonds is 7. The average Bonchev–Trinajstić information content (AvgIpc) is 2.51. The molecule has 7 nitrogen and oxygen atoms in total. The minimum absolute atomic E-state index is 0. The molecule has 0 aliphatic rings. The van der Waals surface area contributed by atoms with Crippen molar-refractivity contribution in [3.05, 3.63) is 17.7 Å². The Morgan fingerprint density at radius 1 is 1.09 bits per heavy atom. The van der Waals surface area contributed by atoms with Crippen molar-refractivity contribution in [3.8, 4) is 11.5 Å². The highest BCUT2D eigenvalue weighted by Gasteiger charge is 2.18. The number of esters is 1. The van der Waals surface area contributed by atoms with Crippen LogP contribution < -0.4 is 20.1 Å². The summed E-state index contributed by atoms with van der Waals surface area (Å²) in [6.07, 6.45) is 0.283. The lowest BCUT2D eigenvalue weighted by Gasteiger charge is -2.14. The first-order valence-corrected chi connectivity index (χ1v) is 6.36. The van der Waals surface area contributed by atoms with E-state index in [1.54, 1.807) is 7.05 Å². The third kappa shape index (κ3) is 5.09. The van der Waals surface area contributed by atoms with Gasteiger partial charge in [0, 0.05) is 25.1 Å². The highest BCUT2D eigenvalue weighted by atomic mass is 35.5. The maximum absolute atomic E-state index is 11.8. The monoisotopic (exact) mass is 332 g/mol. The number of anilines is 1. The Balaban J connectivity index is 0.00000441. The number of halogens is 1. The van der Waals surface area contributed by atoms with E-state index in [4.69, 9.17) is 14.2 Å². The Kier molecular flexibility index (Phi) is 8.97. The smallest absolute Gasteiger partial charge is 0.340 e. The molecular formula is C14H21ClN2O5. The summed E-state index contributed by atoms with van der Waals surface area (Å²) < 4.78 is 15.0. The number of benzene rings is 1. The van der Waals surface area contributed by atoms with E-state index in [9.17, 15) is 9.59 Å². The molecule has 1 aromatic rings. The maximum Gasteiger partial charge on any atom is 0.340 e. The molecular weight excluding hydrogens is 312 g/mol. The Bertz CT molecular complexity index is 522. The van der Waals surface area contributed by atoms with Gasteiger partial charge in [0.1, 0.15) is 0 Å². The van der Waals surface area contributed by atoms with Gasteiger partial charge in [0.25, 0.3) is 0 Å². The predicted molar refractivity (Wildman–Crippen MR) is 85.3 cm³/mol. The molecule has 0 atom stereocenters. The topological polar surface area (TPSA) is 85.9 Å². The van der Waals surface area contributed by atoms with Gasteiger partial charge < -0.3 is 24.8 Å². The lowest BCUT2D eigenvalue weighted by molar-refractivity contribution is -0.116. The fourth-order valence-corrected chi connectivity index (χ4v) is 1.71. The lowest BCUT2D eigenvalue weighted by atomic mass is 10.1. The zero-order chi connectivity index (χ0) is 15.8. The number of hydrogen-bond donors (Lipinski definition) is 2. The molecule has 124 valence electrons. The van der Waals surface area contributed by atoms with Gasteiger partial charge in [-0.15, -0.1) is 12.4 Å². The normalized spacial score (nSPS) is 9.45. The van der Waals surface area contributed by atoms with Gasteiger partial charge in [0.2, 0.25) is 5.91 Å². The number of carbonyl (C=O) groups is 2. The molecule has 1 aromatic carbocycles. The molecule has 0 aliphatic carbocycles. The van der Waals surface area contributed by atoms with Gasteiger partial charge in [0.15, 0.2) is 11.5 Å². The Labute approximate surface area is 135 Å². The molecule has 0 radical (unpaired) electrons. The predicted octanol–water partition coefficient (Wildman–Crippen LogP) is 1.46. The number of amides is 1. The van der Waals surface area contributed by atoms with Crippen LogP contribution >= 0.6 is 12.4 Å². The molecule has 0 fully saturated rings. The van der Waals surface area contributed by atoms with Crippen molar-refractivity contribution in [2.24, 2.45) is 0 Å². The maximum atomic E-state index is 11.8. The molecule has 0 saturated carbocycles. The Morgan fingerprint density at radius 2 is 1.68 bits per heavy atom. The lowest BCUT2D eigenvalue weighted by Crippen LogP contribution is -2.20. The van der Waals surface area contributed by atoms with E-state index < -0.39 is 5.97 Å². The molecule has 0 aromatic heterocycles. The second kappa shape index (κ2) is 9.86. The van der Waals surface area contributed by atoms with Crippen molar-refractivity contribution in [3.63, 3.8) is 0 Å². The van der Waals surface area contributed by atoms with E-state index in [-0.39, 0.29) is 30.3 Å². The molecule has 0 unspecified atom stereocenters. The first-order valence-electron chi connectivity index (χ1n) is 6.36. The first-order chi connectivity index (χ1) is 10.1. The van der Waals surface area contributed by atoms with Gasteiger partial charge >= 0.3 is 5.97 Å². The third-order valence-electron chi connectivity index (χ3n) is 2.81. The molecule has 1 amide bonds. The third-order valence-corrected chi connectivity index (χ3v) is 2.81. The van der Waals surface area contributed by atoms with Crippen LogP contribution in [0.5, 0.6) is 11.5 Å². The first kappa shape index (κ1) is 20.0. The van der Waals surface area contributed by atoms with E-state index in [1.807, 2.05) is 0 Å². The zero-order valence-electron chi connectivity index (χ0n) is 13.0. The molecule has 22 heavy (non-hydrogen) atoms. The van der Waals surface area contributed by atoms with E-state index in [0.29, 0.717) is 23.7 Å². The van der Waals surface area contributed by atoms with Crippen molar-refractivity contribution >= 4 is 30.0 Å². The largest absolute Gasteiger partial charge is 0.493 e. The fourth-order valence-electron chi connectivity index (χ4n) is 1.71. The highest BCUT2D eigenvalue weighted by molar-refractivity contribution is 6.02. The van der Waals surface area contributed by atoms with Crippen LogP contribution in [0.15, 0.2) is 12.1 Å². The molecule has 0 bridgehead atoms. The average molecular weight is 333 g/mol. The molecule has 0 saturated heterocycles. The minimum atomic E-state index is -0.570. The van der Waals surface area contributed by atoms with E-state index in [0.717, 1.165) is 0 Å². The molecule has 0 aliphatic heterocycles. The summed E-state index contributed by atoms with van der Waals surface area (Å²) in [5, 5.41) is 5.55. The molecule has 1 rings (SSSR count). The summed E-state index contributed by atoms with van der Waals surface area (Å²) in [7, 11) is 5.96. The van der Waals surface area contributed by atoms with Crippen LogP contribution in [0.2, 0.25) is 0 Å². The second-order valence-corrected chi connectivity index (χ2v) is 4.15. The van der Waals surface area contributed by atoms with Crippen LogP contribution in [-0.4, -0.2) is 46.8 Å². The van der Waals surface area contributed by atoms with Gasteiger partial charge in [-0.05, 0) is 7.05 Å². The molecule has 0 heterocycles. The second-order valence-electron chi connectivity index (χ2n) is 4.15. The fraction of sp³-hybridized carbons (Fsp3) is 0.429. The summed E-state index contributed by atoms with van der Waals surface area (Å²) in [6.45, 7) is 0.534. The molecule has 2 N–H and O–H groups in total. The van der Waals surface area contributed by atoms with Crippen LogP contribution in [0.3, 0.4) is 0 Å². The Hall–Kier alpha value is -1.99. The van der Waals surface area contributed by atoms with Crippen LogP contribution in [-0.2, 0) is 9.53 Å². The Morgan fingerprint density at radius 3 is 2.18 bits per heavy atom. The summed E-state index contributed by atoms with van der Waals surface area (Å²) in [5.74, 6) is 0.00165. The van der Waals surface area contributed by atoms with Gasteiger partial charge in [-0.25, -0.2) is 4.79 Å². The van der Waals surface area contributed by atoms with Gasteiger partial charge in [-0.1, -0.05) is 0 Å². The van der Waals surface area contributed by atoms with Crippen molar-refractivity contribution in [1.29, 1.82) is 0 Å². The van der Waals surface area contributed by atoms with E-state index in [1.165, 1.54) is 33.5 Å². The van der Waals surface area contributed by atoms with Gasteiger partial charge in [-0.2, -0.15) is 0 Å². The summed E-state index contributed by atoms with van der Waals surface area (Å²) in [6, 6.07) is 3.00. The molecule has 0 spiro atoms. The summed E-state index contributed by atoms with van der Waals surface area (Å²) in [4.78, 5) is 23.6. The molecule has 8 heteroatoms. The van der Waals surface area contributed by atoms with Crippen LogP contribution in [0, 0.1) is 0 Å². The van der Waals surface area contributed by atoms with Crippen LogP contribution in [0.25, 0.3) is 0 Å². The summed E-state index contributed by atoms with van der Waals surface area (Å²) >= 11 is 0. The van der Waals surface area contributed by atoms with Crippen molar-refractivity contribution in [2.75, 3.05) is 40.2 Å². The van der Waals surface area contributed by atoms with E-state index >= 15 is 0 Å². The van der Waals surface area contributed by atoms with Gasteiger partial charge in [-0.3, -0.25) is 4.79 Å². The van der Waals surface area contributed by atoms with Gasteiger partial charge in [0.05, 0.1) is 32.6 Å². The van der Waals surface area contributed by atoms with Crippen LogP contribution in [0.4, 0.5) is 5.69 Å². The standard InChI is InChI=1S/C14H20N2O5.ClH/c1-15-6-5-13(17)16-10-8-12(20-3)11(19-2)7-9(10)14(18)21-4;/h7-8,15H,5-6H2,1-4H3,(H,16,17);1H. The summed E-state index contributed by atoms with van der Waals surface area (Å²) in [5.41, 5.74) is 0.522. The van der Waals surface area contributed by atoms with Crippen molar-refractivity contribution in [1.82, 2.24) is 5.32 Å². The highest BCUT2D eigenvalue weighted by Crippen LogP contribution is 2.33. The quantitative estimate of drug-likeness (QED) is 0.735. The number of nitrogens with one attached hydrogen (secondary N) is 2. The number of ether oxygens (including phenoxy) is 3. The number of methoxy groups -OCH3 is 3.